The van der Waals surface area contributed by atoms with E-state index >= 15 is 0 Å². The van der Waals surface area contributed by atoms with Crippen LogP contribution < -0.4 is 5.73 Å². The van der Waals surface area contributed by atoms with Crippen molar-refractivity contribution < 1.29 is 0 Å². The molecule has 96 valence electrons. The maximum atomic E-state index is 7.46. The van der Waals surface area contributed by atoms with E-state index < -0.39 is 0 Å². The summed E-state index contributed by atoms with van der Waals surface area (Å²) >= 11 is 0. The zero-order valence-corrected chi connectivity index (χ0v) is 11.2. The standard InChI is InChI=1S/C14H20N4/c1-4-11(7-14(15)16)18-8-17-12-5-9(2)10(3)6-13(12)18/h5-6,8,11H,4,7H2,1-3H3,(H3,15,16). The Bertz CT molecular complexity index is 583. The summed E-state index contributed by atoms with van der Waals surface area (Å²) in [7, 11) is 0. The van der Waals surface area contributed by atoms with Crippen LogP contribution in [-0.4, -0.2) is 15.4 Å². The van der Waals surface area contributed by atoms with Gasteiger partial charge in [0, 0.05) is 12.5 Å². The average Bonchev–Trinajstić information content (AvgIpc) is 2.69. The van der Waals surface area contributed by atoms with Gasteiger partial charge >= 0.3 is 0 Å². The molecule has 18 heavy (non-hydrogen) atoms. The number of nitrogens with two attached hydrogens (primary N) is 1. The molecule has 0 bridgehead atoms. The van der Waals surface area contributed by atoms with Crippen LogP contribution in [0.4, 0.5) is 0 Å². The number of fused-ring (bicyclic) bond motifs is 1. The molecule has 4 nitrogen and oxygen atoms in total. The number of nitrogens with one attached hydrogen (secondary N) is 1. The van der Waals surface area contributed by atoms with E-state index in [2.05, 4.69) is 42.5 Å². The molecule has 0 amide bonds. The van der Waals surface area contributed by atoms with Crippen molar-refractivity contribution >= 4 is 16.9 Å². The highest BCUT2D eigenvalue weighted by molar-refractivity contribution is 5.79. The highest BCUT2D eigenvalue weighted by Crippen LogP contribution is 2.24. The minimum atomic E-state index is 0.217. The summed E-state index contributed by atoms with van der Waals surface area (Å²) in [5.41, 5.74) is 10.2. The Morgan fingerprint density at radius 2 is 2.06 bits per heavy atom. The number of hydrogen-bond donors (Lipinski definition) is 2. The number of benzene rings is 1. The second kappa shape index (κ2) is 4.80. The highest BCUT2D eigenvalue weighted by Gasteiger charge is 2.14. The fourth-order valence-electron chi connectivity index (χ4n) is 2.27. The first kappa shape index (κ1) is 12.6. The molecule has 0 saturated carbocycles. The van der Waals surface area contributed by atoms with Crippen LogP contribution in [0.15, 0.2) is 18.5 Å². The molecule has 1 heterocycles. The van der Waals surface area contributed by atoms with Gasteiger partial charge in [0.15, 0.2) is 0 Å². The molecular formula is C14H20N4. The van der Waals surface area contributed by atoms with E-state index in [4.69, 9.17) is 11.1 Å². The largest absolute Gasteiger partial charge is 0.388 e. The van der Waals surface area contributed by atoms with Crippen molar-refractivity contribution in [2.45, 2.75) is 39.7 Å². The Labute approximate surface area is 107 Å². The van der Waals surface area contributed by atoms with Crippen molar-refractivity contribution in [1.29, 1.82) is 5.41 Å². The zero-order valence-electron chi connectivity index (χ0n) is 11.2. The molecule has 1 atom stereocenters. The van der Waals surface area contributed by atoms with Gasteiger partial charge in [0.25, 0.3) is 0 Å². The highest BCUT2D eigenvalue weighted by atomic mass is 15.1. The van der Waals surface area contributed by atoms with E-state index in [0.29, 0.717) is 6.42 Å². The van der Waals surface area contributed by atoms with Gasteiger partial charge in [-0.05, 0) is 43.5 Å². The van der Waals surface area contributed by atoms with Gasteiger partial charge in [-0.25, -0.2) is 4.98 Å². The van der Waals surface area contributed by atoms with Crippen LogP contribution in [0.1, 0.15) is 36.9 Å². The fraction of sp³-hybridized carbons (Fsp3) is 0.429. The third-order valence-electron chi connectivity index (χ3n) is 3.51. The fourth-order valence-corrected chi connectivity index (χ4v) is 2.27. The summed E-state index contributed by atoms with van der Waals surface area (Å²) in [6, 6.07) is 4.50. The number of nitrogens with zero attached hydrogens (tertiary/aromatic N) is 2. The molecule has 1 aromatic heterocycles. The average molecular weight is 244 g/mol. The van der Waals surface area contributed by atoms with Crippen molar-refractivity contribution in [2.75, 3.05) is 0 Å². The minimum Gasteiger partial charge on any atom is -0.388 e. The second-order valence-electron chi connectivity index (χ2n) is 4.87. The third-order valence-corrected chi connectivity index (χ3v) is 3.51. The zero-order chi connectivity index (χ0) is 13.3. The van der Waals surface area contributed by atoms with Gasteiger partial charge in [0.2, 0.25) is 0 Å². The number of aromatic nitrogens is 2. The molecule has 3 N–H and O–H groups in total. The normalized spacial score (nSPS) is 12.8. The molecule has 1 unspecified atom stereocenters. The summed E-state index contributed by atoms with van der Waals surface area (Å²) < 4.78 is 2.14. The van der Waals surface area contributed by atoms with Gasteiger partial charge in [-0.1, -0.05) is 6.92 Å². The maximum Gasteiger partial charge on any atom is 0.0961 e. The third kappa shape index (κ3) is 2.23. The molecule has 4 heteroatoms. The first-order chi connectivity index (χ1) is 8.52. The molecule has 2 aromatic rings. The van der Waals surface area contributed by atoms with Crippen LogP contribution in [0, 0.1) is 19.3 Å². The summed E-state index contributed by atoms with van der Waals surface area (Å²) in [6.45, 7) is 6.32. The van der Waals surface area contributed by atoms with Crippen molar-refractivity contribution in [3.8, 4) is 0 Å². The SMILES string of the molecule is CCC(CC(=N)N)n1cnc2cc(C)c(C)cc21. The van der Waals surface area contributed by atoms with Crippen molar-refractivity contribution in [3.05, 3.63) is 29.6 Å². The topological polar surface area (TPSA) is 67.7 Å². The van der Waals surface area contributed by atoms with Crippen molar-refractivity contribution in [2.24, 2.45) is 5.73 Å². The predicted octanol–water partition coefficient (Wildman–Crippen LogP) is 2.93. The summed E-state index contributed by atoms with van der Waals surface area (Å²) in [5, 5.41) is 7.46. The van der Waals surface area contributed by atoms with Gasteiger partial charge in [0.1, 0.15) is 0 Å². The smallest absolute Gasteiger partial charge is 0.0961 e. The Hall–Kier alpha value is -1.84. The van der Waals surface area contributed by atoms with Crippen LogP contribution in [-0.2, 0) is 0 Å². The summed E-state index contributed by atoms with van der Waals surface area (Å²) in [5.74, 6) is 0.229. The first-order valence-electron chi connectivity index (χ1n) is 6.29. The summed E-state index contributed by atoms with van der Waals surface area (Å²) in [6.07, 6.45) is 3.38. The molecule has 0 saturated heterocycles. The van der Waals surface area contributed by atoms with Gasteiger partial charge in [0.05, 0.1) is 23.2 Å². The Morgan fingerprint density at radius 3 is 2.67 bits per heavy atom. The van der Waals surface area contributed by atoms with Crippen LogP contribution >= 0.6 is 0 Å². The van der Waals surface area contributed by atoms with E-state index in [9.17, 15) is 0 Å². The van der Waals surface area contributed by atoms with Crippen LogP contribution in [0.2, 0.25) is 0 Å². The first-order valence-corrected chi connectivity index (χ1v) is 6.29. The molecular weight excluding hydrogens is 224 g/mol. The molecule has 0 fully saturated rings. The van der Waals surface area contributed by atoms with E-state index in [1.807, 2.05) is 6.33 Å². The lowest BCUT2D eigenvalue weighted by molar-refractivity contribution is 0.513. The van der Waals surface area contributed by atoms with Gasteiger partial charge in [-0.2, -0.15) is 0 Å². The molecule has 1 aromatic carbocycles. The monoisotopic (exact) mass is 244 g/mol. The number of amidine groups is 1. The number of imidazole rings is 1. The molecule has 0 radical (unpaired) electrons. The Morgan fingerprint density at radius 1 is 1.39 bits per heavy atom. The Kier molecular flexibility index (Phi) is 3.36. The predicted molar refractivity (Wildman–Crippen MR) is 75.1 cm³/mol. The lowest BCUT2D eigenvalue weighted by Crippen LogP contribution is -2.18. The molecule has 0 spiro atoms. The van der Waals surface area contributed by atoms with E-state index in [0.717, 1.165) is 17.5 Å². The molecule has 2 rings (SSSR count). The van der Waals surface area contributed by atoms with Gasteiger partial charge in [-0.3, -0.25) is 5.41 Å². The number of aryl methyl sites for hydroxylation is 2. The Balaban J connectivity index is 2.50. The quantitative estimate of drug-likeness (QED) is 0.641. The maximum absolute atomic E-state index is 7.46. The molecule has 0 aliphatic carbocycles. The second-order valence-corrected chi connectivity index (χ2v) is 4.87. The lowest BCUT2D eigenvalue weighted by atomic mass is 10.1. The van der Waals surface area contributed by atoms with E-state index in [1.165, 1.54) is 11.1 Å². The number of hydrogen-bond acceptors (Lipinski definition) is 2. The van der Waals surface area contributed by atoms with Crippen molar-refractivity contribution in [1.82, 2.24) is 9.55 Å². The van der Waals surface area contributed by atoms with E-state index in [1.54, 1.807) is 0 Å². The lowest BCUT2D eigenvalue weighted by Gasteiger charge is -2.17. The van der Waals surface area contributed by atoms with Crippen LogP contribution in [0.3, 0.4) is 0 Å². The summed E-state index contributed by atoms with van der Waals surface area (Å²) in [4.78, 5) is 4.45. The number of rotatable bonds is 4. The minimum absolute atomic E-state index is 0.217. The van der Waals surface area contributed by atoms with Crippen LogP contribution in [0.25, 0.3) is 11.0 Å². The van der Waals surface area contributed by atoms with E-state index in [-0.39, 0.29) is 11.9 Å². The van der Waals surface area contributed by atoms with Crippen molar-refractivity contribution in [3.63, 3.8) is 0 Å². The van der Waals surface area contributed by atoms with Gasteiger partial charge < -0.3 is 10.3 Å². The van der Waals surface area contributed by atoms with Gasteiger partial charge in [-0.15, -0.1) is 0 Å². The van der Waals surface area contributed by atoms with Crippen LogP contribution in [0.5, 0.6) is 0 Å². The molecule has 0 aliphatic rings. The molecule has 0 aliphatic heterocycles.